The van der Waals surface area contributed by atoms with Crippen molar-refractivity contribution in [2.75, 3.05) is 19.6 Å². The third-order valence-corrected chi connectivity index (χ3v) is 4.40. The van der Waals surface area contributed by atoms with Gasteiger partial charge in [-0.3, -0.25) is 5.10 Å². The highest BCUT2D eigenvalue weighted by Crippen LogP contribution is 2.16. The van der Waals surface area contributed by atoms with Gasteiger partial charge in [0.25, 0.3) is 10.0 Å². The summed E-state index contributed by atoms with van der Waals surface area (Å²) in [5, 5.41) is 9.52. The minimum absolute atomic E-state index is 0.0541. The van der Waals surface area contributed by atoms with Crippen LogP contribution >= 0.6 is 0 Å². The molecule has 18 heavy (non-hydrogen) atoms. The summed E-state index contributed by atoms with van der Waals surface area (Å²) in [5.74, 6) is 2.35. The Hall–Kier alpha value is -1.36. The Bertz CT molecular complexity index is 515. The lowest BCUT2D eigenvalue weighted by Gasteiger charge is -2.17. The number of aromatic amines is 1. The highest BCUT2D eigenvalue weighted by molar-refractivity contribution is 7.89. The number of sulfonamides is 1. The van der Waals surface area contributed by atoms with E-state index in [0.29, 0.717) is 18.7 Å². The van der Waals surface area contributed by atoms with Crippen LogP contribution in [-0.2, 0) is 16.6 Å². The van der Waals surface area contributed by atoms with Crippen molar-refractivity contribution in [3.8, 4) is 12.3 Å². The van der Waals surface area contributed by atoms with E-state index in [9.17, 15) is 8.42 Å². The molecule has 0 aliphatic rings. The van der Waals surface area contributed by atoms with Gasteiger partial charge in [-0.1, -0.05) is 19.8 Å². The predicted octanol–water partition coefficient (Wildman–Crippen LogP) is 0.163. The lowest BCUT2D eigenvalue weighted by Crippen LogP contribution is -2.32. The molecule has 0 unspecified atom stereocenters. The number of aromatic nitrogens is 2. The topological polar surface area (TPSA) is 78.1 Å². The molecule has 0 aliphatic heterocycles. The van der Waals surface area contributed by atoms with Gasteiger partial charge in [0.15, 0.2) is 5.03 Å². The molecule has 1 aromatic rings. The molecule has 1 heterocycles. The molecule has 0 atom stereocenters. The summed E-state index contributed by atoms with van der Waals surface area (Å²) >= 11 is 0. The minimum atomic E-state index is -3.60. The first kappa shape index (κ1) is 14.7. The Labute approximate surface area is 108 Å². The van der Waals surface area contributed by atoms with Gasteiger partial charge in [-0.05, 0) is 6.54 Å². The molecule has 7 heteroatoms. The van der Waals surface area contributed by atoms with Gasteiger partial charge in [-0.2, -0.15) is 9.40 Å². The molecule has 0 fully saturated rings. The van der Waals surface area contributed by atoms with E-state index in [-0.39, 0.29) is 11.6 Å². The van der Waals surface area contributed by atoms with Crippen LogP contribution in [0.4, 0.5) is 0 Å². The fraction of sp³-hybridized carbons (Fsp3) is 0.545. The Kier molecular flexibility index (Phi) is 5.34. The summed E-state index contributed by atoms with van der Waals surface area (Å²) < 4.78 is 25.9. The van der Waals surface area contributed by atoms with E-state index in [1.165, 1.54) is 10.5 Å². The van der Waals surface area contributed by atoms with E-state index < -0.39 is 10.0 Å². The zero-order valence-electron chi connectivity index (χ0n) is 10.6. The molecule has 6 nitrogen and oxygen atoms in total. The monoisotopic (exact) mass is 270 g/mol. The quantitative estimate of drug-likeness (QED) is 0.692. The van der Waals surface area contributed by atoms with Gasteiger partial charge in [-0.25, -0.2) is 8.42 Å². The van der Waals surface area contributed by atoms with E-state index in [4.69, 9.17) is 6.42 Å². The summed E-state index contributed by atoms with van der Waals surface area (Å²) in [7, 11) is -3.60. The number of terminal acetylenes is 1. The first-order valence-electron chi connectivity index (χ1n) is 5.74. The highest BCUT2D eigenvalue weighted by Gasteiger charge is 2.26. The average Bonchev–Trinajstić information content (AvgIpc) is 2.82. The second-order valence-corrected chi connectivity index (χ2v) is 5.51. The van der Waals surface area contributed by atoms with Crippen LogP contribution in [0.1, 0.15) is 19.4 Å². The van der Waals surface area contributed by atoms with Gasteiger partial charge in [0.2, 0.25) is 0 Å². The summed E-state index contributed by atoms with van der Waals surface area (Å²) in [6.07, 6.45) is 6.69. The Morgan fingerprint density at radius 2 is 2.28 bits per heavy atom. The van der Waals surface area contributed by atoms with Crippen molar-refractivity contribution in [2.45, 2.75) is 25.4 Å². The Balaban J connectivity index is 3.04. The standard InChI is InChI=1S/C11H18N4O2S/c1-4-7-15(6-3)18(16,17)11-10(8-12-5-2)9-13-14-11/h1,9,12H,5-8H2,2-3H3,(H,13,14). The van der Waals surface area contributed by atoms with Crippen LogP contribution in [0, 0.1) is 12.3 Å². The van der Waals surface area contributed by atoms with Gasteiger partial charge < -0.3 is 5.32 Å². The smallest absolute Gasteiger partial charge is 0.261 e. The van der Waals surface area contributed by atoms with E-state index in [2.05, 4.69) is 21.4 Å². The lowest BCUT2D eigenvalue weighted by atomic mass is 10.3. The maximum atomic E-state index is 12.3. The fourth-order valence-corrected chi connectivity index (χ4v) is 2.97. The summed E-state index contributed by atoms with van der Waals surface area (Å²) in [6.45, 7) is 5.28. The maximum absolute atomic E-state index is 12.3. The second kappa shape index (κ2) is 6.54. The summed E-state index contributed by atoms with van der Waals surface area (Å²) in [4.78, 5) is 0. The largest absolute Gasteiger partial charge is 0.313 e. The van der Waals surface area contributed by atoms with E-state index in [0.717, 1.165) is 6.54 Å². The number of nitrogens with zero attached hydrogens (tertiary/aromatic N) is 2. The number of hydrogen-bond donors (Lipinski definition) is 2. The van der Waals surface area contributed by atoms with Crippen LogP contribution in [0.15, 0.2) is 11.2 Å². The van der Waals surface area contributed by atoms with Gasteiger partial charge in [0.05, 0.1) is 12.7 Å². The normalized spacial score (nSPS) is 11.7. The zero-order valence-corrected chi connectivity index (χ0v) is 11.4. The second-order valence-electron chi connectivity index (χ2n) is 3.64. The molecule has 0 aliphatic carbocycles. The van der Waals surface area contributed by atoms with Crippen molar-refractivity contribution in [1.82, 2.24) is 19.8 Å². The van der Waals surface area contributed by atoms with Gasteiger partial charge in [-0.15, -0.1) is 6.42 Å². The van der Waals surface area contributed by atoms with Crippen LogP contribution in [-0.4, -0.2) is 42.6 Å². The fourth-order valence-electron chi connectivity index (χ4n) is 1.51. The first-order valence-corrected chi connectivity index (χ1v) is 7.18. The average molecular weight is 270 g/mol. The molecule has 1 aromatic heterocycles. The Morgan fingerprint density at radius 1 is 1.56 bits per heavy atom. The zero-order chi connectivity index (χ0) is 13.6. The van der Waals surface area contributed by atoms with Crippen LogP contribution in [0.25, 0.3) is 0 Å². The van der Waals surface area contributed by atoms with Crippen molar-refractivity contribution in [2.24, 2.45) is 0 Å². The SMILES string of the molecule is C#CCN(CC)S(=O)(=O)c1[nH]ncc1CNCC. The number of H-pyrrole nitrogens is 1. The molecule has 0 saturated carbocycles. The maximum Gasteiger partial charge on any atom is 0.261 e. The van der Waals surface area contributed by atoms with Crippen LogP contribution in [0.3, 0.4) is 0 Å². The molecule has 0 aromatic carbocycles. The lowest BCUT2D eigenvalue weighted by molar-refractivity contribution is 0.460. The summed E-state index contributed by atoms with van der Waals surface area (Å²) in [5.41, 5.74) is 0.618. The number of nitrogens with one attached hydrogen (secondary N) is 2. The third-order valence-electron chi connectivity index (χ3n) is 2.46. The first-order chi connectivity index (χ1) is 8.57. The summed E-state index contributed by atoms with van der Waals surface area (Å²) in [6, 6.07) is 0. The molecule has 0 amide bonds. The predicted molar refractivity (Wildman–Crippen MR) is 69.2 cm³/mol. The molecule has 0 spiro atoms. The van der Waals surface area contributed by atoms with Crippen molar-refractivity contribution < 1.29 is 8.42 Å². The Morgan fingerprint density at radius 3 is 2.83 bits per heavy atom. The van der Waals surface area contributed by atoms with Crippen LogP contribution in [0.5, 0.6) is 0 Å². The molecule has 0 bridgehead atoms. The molecular weight excluding hydrogens is 252 g/mol. The third kappa shape index (κ3) is 3.10. The molecule has 100 valence electrons. The van der Waals surface area contributed by atoms with Crippen LogP contribution in [0.2, 0.25) is 0 Å². The van der Waals surface area contributed by atoms with Crippen molar-refractivity contribution in [1.29, 1.82) is 0 Å². The highest BCUT2D eigenvalue weighted by atomic mass is 32.2. The molecule has 1 rings (SSSR count). The molecule has 2 N–H and O–H groups in total. The molecule has 0 saturated heterocycles. The molecular formula is C11H18N4O2S. The minimum Gasteiger partial charge on any atom is -0.313 e. The number of hydrogen-bond acceptors (Lipinski definition) is 4. The van der Waals surface area contributed by atoms with E-state index >= 15 is 0 Å². The molecule has 0 radical (unpaired) electrons. The number of rotatable bonds is 7. The van der Waals surface area contributed by atoms with Crippen molar-refractivity contribution in [3.63, 3.8) is 0 Å². The van der Waals surface area contributed by atoms with Crippen LogP contribution < -0.4 is 5.32 Å². The van der Waals surface area contributed by atoms with Gasteiger partial charge in [0, 0.05) is 18.7 Å². The van der Waals surface area contributed by atoms with Gasteiger partial charge >= 0.3 is 0 Å². The van der Waals surface area contributed by atoms with E-state index in [1.54, 1.807) is 6.92 Å². The van der Waals surface area contributed by atoms with E-state index in [1.807, 2.05) is 6.92 Å². The van der Waals surface area contributed by atoms with Crippen molar-refractivity contribution in [3.05, 3.63) is 11.8 Å². The van der Waals surface area contributed by atoms with Gasteiger partial charge in [0.1, 0.15) is 0 Å². The van der Waals surface area contributed by atoms with Crippen molar-refractivity contribution >= 4 is 10.0 Å².